The van der Waals surface area contributed by atoms with Gasteiger partial charge in [0.2, 0.25) is 0 Å². The van der Waals surface area contributed by atoms with Crippen molar-refractivity contribution in [3.63, 3.8) is 0 Å². The van der Waals surface area contributed by atoms with Gasteiger partial charge in [-0.1, -0.05) is 12.1 Å². The third-order valence-electron chi connectivity index (χ3n) is 5.86. The Morgan fingerprint density at radius 1 is 1.15 bits per heavy atom. The van der Waals surface area contributed by atoms with E-state index in [0.29, 0.717) is 36.6 Å². The molecule has 1 amide bonds. The molecule has 0 unspecified atom stereocenters. The first-order chi connectivity index (χ1) is 16.2. The number of hydrogen-bond acceptors (Lipinski definition) is 5. The maximum Gasteiger partial charge on any atom is 0.253 e. The lowest BCUT2D eigenvalue weighted by Crippen LogP contribution is -2.39. The van der Waals surface area contributed by atoms with Gasteiger partial charge in [-0.2, -0.15) is 0 Å². The Morgan fingerprint density at radius 3 is 2.94 bits per heavy atom. The van der Waals surface area contributed by atoms with Gasteiger partial charge in [0.05, 0.1) is 11.9 Å². The number of hydrogen-bond donors (Lipinski definition) is 1. The first kappa shape index (κ1) is 20.9. The SMILES string of the molecule is O=C(c1ccnc(Cc2cccc(F)c2)c1)N1CCC[C@@H](c2cncc(-c3ncc[nH]3)n2)C1. The molecule has 1 fully saturated rings. The summed E-state index contributed by atoms with van der Waals surface area (Å²) >= 11 is 0. The molecular weight excluding hydrogens is 419 g/mol. The standard InChI is InChI=1S/C25H23FN6O/c26-20-5-1-3-17(11-20)12-21-13-18(6-7-28-21)25(33)32-10-2-4-19(16-32)22-14-27-15-23(31-22)24-29-8-9-30-24/h1,3,5-9,11,13-15,19H,2,4,10,12,16H2,(H,29,30)/t19-/m1/s1. The van der Waals surface area contributed by atoms with Crippen molar-refractivity contribution in [2.45, 2.75) is 25.2 Å². The van der Waals surface area contributed by atoms with E-state index in [1.54, 1.807) is 49.2 Å². The van der Waals surface area contributed by atoms with E-state index in [-0.39, 0.29) is 17.6 Å². The minimum Gasteiger partial charge on any atom is -0.343 e. The van der Waals surface area contributed by atoms with Crippen LogP contribution >= 0.6 is 0 Å². The second-order valence-corrected chi connectivity index (χ2v) is 8.20. The molecule has 0 bridgehead atoms. The van der Waals surface area contributed by atoms with Crippen molar-refractivity contribution in [2.24, 2.45) is 0 Å². The number of aromatic nitrogens is 5. The molecule has 5 rings (SSSR count). The van der Waals surface area contributed by atoms with Gasteiger partial charge in [-0.3, -0.25) is 14.8 Å². The lowest BCUT2D eigenvalue weighted by molar-refractivity contribution is 0.0705. The van der Waals surface area contributed by atoms with E-state index in [0.717, 1.165) is 29.8 Å². The molecule has 1 N–H and O–H groups in total. The molecule has 1 aromatic carbocycles. The monoisotopic (exact) mass is 442 g/mol. The number of nitrogens with one attached hydrogen (secondary N) is 1. The molecule has 1 saturated heterocycles. The number of likely N-dealkylation sites (tertiary alicyclic amines) is 1. The molecule has 33 heavy (non-hydrogen) atoms. The molecule has 0 radical (unpaired) electrons. The van der Waals surface area contributed by atoms with Gasteiger partial charge in [0.15, 0.2) is 5.82 Å². The second-order valence-electron chi connectivity index (χ2n) is 8.20. The molecule has 0 spiro atoms. The van der Waals surface area contributed by atoms with Crippen molar-refractivity contribution in [1.82, 2.24) is 29.8 Å². The van der Waals surface area contributed by atoms with Crippen LogP contribution in [0.1, 0.15) is 46.1 Å². The number of H-pyrrole nitrogens is 1. The summed E-state index contributed by atoms with van der Waals surface area (Å²) in [6.07, 6.45) is 10.8. The third-order valence-corrected chi connectivity index (χ3v) is 5.86. The Bertz CT molecular complexity index is 1260. The Balaban J connectivity index is 1.31. The van der Waals surface area contributed by atoms with Crippen LogP contribution in [0.15, 0.2) is 67.4 Å². The van der Waals surface area contributed by atoms with Crippen molar-refractivity contribution in [3.8, 4) is 11.5 Å². The van der Waals surface area contributed by atoms with Crippen LogP contribution in [0.3, 0.4) is 0 Å². The molecule has 1 atom stereocenters. The molecular formula is C25H23FN6O. The van der Waals surface area contributed by atoms with Crippen LogP contribution in [0, 0.1) is 5.82 Å². The van der Waals surface area contributed by atoms with E-state index in [1.807, 2.05) is 11.0 Å². The van der Waals surface area contributed by atoms with E-state index in [4.69, 9.17) is 4.98 Å². The fourth-order valence-electron chi connectivity index (χ4n) is 4.25. The Labute approximate surface area is 190 Å². The van der Waals surface area contributed by atoms with Gasteiger partial charge in [0.1, 0.15) is 11.5 Å². The predicted molar refractivity (Wildman–Crippen MR) is 121 cm³/mol. The van der Waals surface area contributed by atoms with Crippen molar-refractivity contribution >= 4 is 5.91 Å². The summed E-state index contributed by atoms with van der Waals surface area (Å²) in [5.41, 5.74) is 3.70. The minimum absolute atomic E-state index is 0.0299. The van der Waals surface area contributed by atoms with Crippen molar-refractivity contribution in [1.29, 1.82) is 0 Å². The van der Waals surface area contributed by atoms with Crippen LogP contribution in [-0.2, 0) is 6.42 Å². The lowest BCUT2D eigenvalue weighted by atomic mass is 9.94. The van der Waals surface area contributed by atoms with Crippen LogP contribution in [0.5, 0.6) is 0 Å². The van der Waals surface area contributed by atoms with Gasteiger partial charge in [-0.25, -0.2) is 14.4 Å². The number of nitrogens with zero attached hydrogens (tertiary/aromatic N) is 5. The summed E-state index contributed by atoms with van der Waals surface area (Å²) in [7, 11) is 0. The average Bonchev–Trinajstić information content (AvgIpc) is 3.39. The van der Waals surface area contributed by atoms with Crippen LogP contribution < -0.4 is 0 Å². The third kappa shape index (κ3) is 4.79. The zero-order chi connectivity index (χ0) is 22.6. The molecule has 0 saturated carbocycles. The molecule has 1 aliphatic heterocycles. The van der Waals surface area contributed by atoms with Crippen LogP contribution in [0.4, 0.5) is 4.39 Å². The van der Waals surface area contributed by atoms with Gasteiger partial charge in [0.25, 0.3) is 5.91 Å². The van der Waals surface area contributed by atoms with Gasteiger partial charge >= 0.3 is 0 Å². The number of rotatable bonds is 5. The largest absolute Gasteiger partial charge is 0.343 e. The lowest BCUT2D eigenvalue weighted by Gasteiger charge is -2.32. The van der Waals surface area contributed by atoms with Crippen LogP contribution in [-0.4, -0.2) is 48.8 Å². The summed E-state index contributed by atoms with van der Waals surface area (Å²) in [4.78, 5) is 35.9. The number of piperidine rings is 1. The average molecular weight is 442 g/mol. The number of carbonyl (C=O) groups excluding carboxylic acids is 1. The van der Waals surface area contributed by atoms with E-state index in [2.05, 4.69) is 19.9 Å². The van der Waals surface area contributed by atoms with Gasteiger partial charge in [-0.05, 0) is 42.7 Å². The highest BCUT2D eigenvalue weighted by molar-refractivity contribution is 5.94. The van der Waals surface area contributed by atoms with Gasteiger partial charge in [0, 0.05) is 61.5 Å². The highest BCUT2D eigenvalue weighted by Crippen LogP contribution is 2.27. The van der Waals surface area contributed by atoms with Gasteiger partial charge in [-0.15, -0.1) is 0 Å². The minimum atomic E-state index is -0.279. The smallest absolute Gasteiger partial charge is 0.253 e. The molecule has 4 aromatic rings. The van der Waals surface area contributed by atoms with Gasteiger partial charge < -0.3 is 9.88 Å². The van der Waals surface area contributed by atoms with Crippen molar-refractivity contribution < 1.29 is 9.18 Å². The van der Waals surface area contributed by atoms with Crippen molar-refractivity contribution in [3.05, 3.63) is 95.7 Å². The highest BCUT2D eigenvalue weighted by Gasteiger charge is 2.27. The number of amides is 1. The molecule has 166 valence electrons. The molecule has 8 heteroatoms. The maximum absolute atomic E-state index is 13.5. The second kappa shape index (κ2) is 9.28. The number of imidazole rings is 1. The Kier molecular flexibility index (Phi) is 5.89. The van der Waals surface area contributed by atoms with Crippen LogP contribution in [0.25, 0.3) is 11.5 Å². The molecule has 4 heterocycles. The normalized spacial score (nSPS) is 16.0. The quantitative estimate of drug-likeness (QED) is 0.505. The summed E-state index contributed by atoms with van der Waals surface area (Å²) in [6.45, 7) is 1.28. The summed E-state index contributed by atoms with van der Waals surface area (Å²) in [6, 6.07) is 9.97. The van der Waals surface area contributed by atoms with E-state index in [1.165, 1.54) is 12.1 Å². The first-order valence-electron chi connectivity index (χ1n) is 11.0. The summed E-state index contributed by atoms with van der Waals surface area (Å²) in [5, 5.41) is 0. The first-order valence-corrected chi connectivity index (χ1v) is 11.0. The fraction of sp³-hybridized carbons (Fsp3) is 0.240. The molecule has 7 nitrogen and oxygen atoms in total. The number of aromatic amines is 1. The maximum atomic E-state index is 13.5. The summed E-state index contributed by atoms with van der Waals surface area (Å²) in [5.74, 6) is 0.477. The zero-order valence-corrected chi connectivity index (χ0v) is 18.0. The summed E-state index contributed by atoms with van der Waals surface area (Å²) < 4.78 is 13.5. The number of pyridine rings is 1. The number of carbonyl (C=O) groups is 1. The molecule has 3 aromatic heterocycles. The van der Waals surface area contributed by atoms with Crippen LogP contribution in [0.2, 0.25) is 0 Å². The number of benzene rings is 1. The Morgan fingerprint density at radius 2 is 2.09 bits per heavy atom. The molecule has 1 aliphatic rings. The van der Waals surface area contributed by atoms with E-state index in [9.17, 15) is 9.18 Å². The van der Waals surface area contributed by atoms with E-state index < -0.39 is 0 Å². The zero-order valence-electron chi connectivity index (χ0n) is 18.0. The Hall–Kier alpha value is -3.94. The highest BCUT2D eigenvalue weighted by atomic mass is 19.1. The molecule has 0 aliphatic carbocycles. The topological polar surface area (TPSA) is 87.7 Å². The van der Waals surface area contributed by atoms with E-state index >= 15 is 0 Å². The fourth-order valence-corrected chi connectivity index (χ4v) is 4.25. The van der Waals surface area contributed by atoms with Crippen molar-refractivity contribution in [2.75, 3.05) is 13.1 Å². The number of halogens is 1. The predicted octanol–water partition coefficient (Wildman–Crippen LogP) is 4.01.